The van der Waals surface area contributed by atoms with Crippen LogP contribution in [0, 0.1) is 23.7 Å². The Morgan fingerprint density at radius 1 is 0.893 bits per heavy atom. The number of benzene rings is 1. The zero-order valence-electron chi connectivity index (χ0n) is 15.8. The third-order valence-electron chi connectivity index (χ3n) is 6.40. The van der Waals surface area contributed by atoms with Crippen molar-refractivity contribution in [3.8, 4) is 0 Å². The summed E-state index contributed by atoms with van der Waals surface area (Å²) in [5.74, 6) is -2.52. The van der Waals surface area contributed by atoms with Crippen molar-refractivity contribution in [1.82, 2.24) is 5.32 Å². The second kappa shape index (κ2) is 7.78. The van der Waals surface area contributed by atoms with Gasteiger partial charge in [-0.05, 0) is 55.4 Å². The van der Waals surface area contributed by atoms with Crippen molar-refractivity contribution in [3.05, 3.63) is 42.0 Å². The molecule has 3 N–H and O–H groups in total. The second-order valence-corrected chi connectivity index (χ2v) is 8.21. The maximum absolute atomic E-state index is 12.7. The van der Waals surface area contributed by atoms with Crippen molar-refractivity contribution in [3.63, 3.8) is 0 Å². The van der Waals surface area contributed by atoms with Crippen LogP contribution in [-0.2, 0) is 9.59 Å². The van der Waals surface area contributed by atoms with Gasteiger partial charge in [-0.15, -0.1) is 0 Å². The molecule has 0 heterocycles. The van der Waals surface area contributed by atoms with Crippen LogP contribution in [0.1, 0.15) is 48.9 Å². The Bertz CT molecular complexity index is 795. The number of nitrogens with one attached hydrogen (secondary N) is 2. The predicted octanol–water partition coefficient (Wildman–Crippen LogP) is 3.21. The first kappa shape index (κ1) is 18.7. The zero-order chi connectivity index (χ0) is 19.7. The molecule has 4 rings (SSSR count). The van der Waals surface area contributed by atoms with Crippen LogP contribution in [0.15, 0.2) is 36.4 Å². The number of allylic oxidation sites excluding steroid dienone is 2. The fourth-order valence-electron chi connectivity index (χ4n) is 4.96. The zero-order valence-corrected chi connectivity index (χ0v) is 15.8. The highest BCUT2D eigenvalue weighted by molar-refractivity contribution is 5.98. The highest BCUT2D eigenvalue weighted by Crippen LogP contribution is 2.48. The van der Waals surface area contributed by atoms with Gasteiger partial charge < -0.3 is 15.7 Å². The van der Waals surface area contributed by atoms with E-state index in [-0.39, 0.29) is 29.7 Å². The molecule has 0 aliphatic heterocycles. The number of amides is 2. The van der Waals surface area contributed by atoms with Gasteiger partial charge in [0, 0.05) is 17.3 Å². The molecule has 0 unspecified atom stereocenters. The van der Waals surface area contributed by atoms with E-state index >= 15 is 0 Å². The topological polar surface area (TPSA) is 95.5 Å². The molecule has 0 radical (unpaired) electrons. The number of carboxylic acid groups (broad SMARTS) is 1. The lowest BCUT2D eigenvalue weighted by Crippen LogP contribution is -2.36. The summed E-state index contributed by atoms with van der Waals surface area (Å²) in [5.41, 5.74) is 1.14. The lowest BCUT2D eigenvalue weighted by atomic mass is 9.82. The largest absolute Gasteiger partial charge is 0.481 e. The van der Waals surface area contributed by atoms with Gasteiger partial charge in [0.15, 0.2) is 0 Å². The number of hydrogen-bond donors (Lipinski definition) is 3. The van der Waals surface area contributed by atoms with Crippen molar-refractivity contribution < 1.29 is 19.5 Å². The lowest BCUT2D eigenvalue weighted by molar-refractivity contribution is -0.146. The Morgan fingerprint density at radius 3 is 2.18 bits per heavy atom. The summed E-state index contributed by atoms with van der Waals surface area (Å²) in [6, 6.07) is 7.05. The van der Waals surface area contributed by atoms with Gasteiger partial charge in [0.25, 0.3) is 5.91 Å². The van der Waals surface area contributed by atoms with Gasteiger partial charge >= 0.3 is 5.97 Å². The van der Waals surface area contributed by atoms with Crippen LogP contribution < -0.4 is 10.6 Å². The minimum absolute atomic E-state index is 0.00774. The molecule has 1 aromatic carbocycles. The van der Waals surface area contributed by atoms with E-state index in [1.165, 1.54) is 6.42 Å². The van der Waals surface area contributed by atoms with Crippen LogP contribution in [-0.4, -0.2) is 28.9 Å². The average Bonchev–Trinajstić information content (AvgIpc) is 3.31. The van der Waals surface area contributed by atoms with Crippen LogP contribution in [0.3, 0.4) is 0 Å². The first-order valence-corrected chi connectivity index (χ1v) is 10.2. The second-order valence-electron chi connectivity index (χ2n) is 8.21. The summed E-state index contributed by atoms with van der Waals surface area (Å²) in [5, 5.41) is 15.4. The van der Waals surface area contributed by atoms with Crippen molar-refractivity contribution >= 4 is 23.5 Å². The average molecular weight is 382 g/mol. The maximum atomic E-state index is 12.7. The van der Waals surface area contributed by atoms with Gasteiger partial charge in [0.1, 0.15) is 0 Å². The van der Waals surface area contributed by atoms with E-state index in [1.54, 1.807) is 24.3 Å². The quantitative estimate of drug-likeness (QED) is 0.682. The fourth-order valence-corrected chi connectivity index (χ4v) is 4.96. The number of rotatable bonds is 5. The predicted molar refractivity (Wildman–Crippen MR) is 105 cm³/mol. The van der Waals surface area contributed by atoms with Crippen LogP contribution in [0.4, 0.5) is 5.69 Å². The Labute approximate surface area is 164 Å². The maximum Gasteiger partial charge on any atom is 0.307 e. The summed E-state index contributed by atoms with van der Waals surface area (Å²) in [7, 11) is 0. The molecule has 3 aliphatic rings. The summed E-state index contributed by atoms with van der Waals surface area (Å²) < 4.78 is 0. The minimum atomic E-state index is -0.910. The standard InChI is InChI=1S/C22H26N2O4/c25-20(23-16-4-2-1-3-5-16)13-8-10-17(11-9-13)24-21(26)18-14-6-7-15(12-14)19(18)22(27)28/h6-11,14-16,18-19H,1-5,12H2,(H,23,25)(H,24,26)(H,27,28)/t14-,15+,18-,19-/m0/s1. The van der Waals surface area contributed by atoms with Crippen molar-refractivity contribution in [2.75, 3.05) is 5.32 Å². The van der Waals surface area contributed by atoms with Gasteiger partial charge in [0.2, 0.25) is 5.91 Å². The highest BCUT2D eigenvalue weighted by atomic mass is 16.4. The molecule has 0 aromatic heterocycles. The third-order valence-corrected chi connectivity index (χ3v) is 6.40. The first-order valence-electron chi connectivity index (χ1n) is 10.2. The van der Waals surface area contributed by atoms with Crippen LogP contribution in [0.2, 0.25) is 0 Å². The first-order chi connectivity index (χ1) is 13.5. The number of fused-ring (bicyclic) bond motifs is 2. The van der Waals surface area contributed by atoms with Gasteiger partial charge in [-0.2, -0.15) is 0 Å². The number of aliphatic carboxylic acids is 1. The number of carboxylic acids is 1. The number of carbonyl (C=O) groups is 3. The van der Waals surface area contributed by atoms with Crippen molar-refractivity contribution in [1.29, 1.82) is 0 Å². The molecule has 2 fully saturated rings. The molecule has 0 saturated heterocycles. The lowest BCUT2D eigenvalue weighted by Gasteiger charge is -2.24. The summed E-state index contributed by atoms with van der Waals surface area (Å²) in [4.78, 5) is 36.7. The smallest absolute Gasteiger partial charge is 0.307 e. The van der Waals surface area contributed by atoms with E-state index in [9.17, 15) is 19.5 Å². The summed E-state index contributed by atoms with van der Waals surface area (Å²) >= 11 is 0. The molecule has 2 amide bonds. The monoisotopic (exact) mass is 382 g/mol. The molecular weight excluding hydrogens is 356 g/mol. The van der Waals surface area contributed by atoms with Crippen molar-refractivity contribution in [2.24, 2.45) is 23.7 Å². The molecule has 4 atom stereocenters. The van der Waals surface area contributed by atoms with E-state index in [0.29, 0.717) is 11.3 Å². The van der Waals surface area contributed by atoms with Gasteiger partial charge in [0.05, 0.1) is 11.8 Å². The third kappa shape index (κ3) is 3.68. The van der Waals surface area contributed by atoms with Gasteiger partial charge in [-0.3, -0.25) is 14.4 Å². The summed E-state index contributed by atoms with van der Waals surface area (Å²) in [6.45, 7) is 0. The van der Waals surface area contributed by atoms with E-state index in [4.69, 9.17) is 0 Å². The highest BCUT2D eigenvalue weighted by Gasteiger charge is 2.51. The molecule has 148 valence electrons. The molecule has 3 aliphatic carbocycles. The molecule has 28 heavy (non-hydrogen) atoms. The van der Waals surface area contributed by atoms with Gasteiger partial charge in [-0.1, -0.05) is 31.4 Å². The SMILES string of the molecule is O=C(NC1CCCCC1)c1ccc(NC(=O)[C@@H]2[C@@H](C(=O)O)[C@@H]3C=C[C@H]2C3)cc1. The van der Waals surface area contributed by atoms with E-state index < -0.39 is 17.8 Å². The minimum Gasteiger partial charge on any atom is -0.481 e. The Hall–Kier alpha value is -2.63. The van der Waals surface area contributed by atoms with Crippen molar-refractivity contribution in [2.45, 2.75) is 44.6 Å². The number of carbonyl (C=O) groups excluding carboxylic acids is 2. The fraction of sp³-hybridized carbons (Fsp3) is 0.500. The molecule has 6 heteroatoms. The molecule has 1 aromatic rings. The normalized spacial score (nSPS) is 28.9. The number of anilines is 1. The Balaban J connectivity index is 1.37. The Morgan fingerprint density at radius 2 is 1.54 bits per heavy atom. The molecular formula is C22H26N2O4. The summed E-state index contributed by atoms with van der Waals surface area (Å²) in [6.07, 6.45) is 10.2. The van der Waals surface area contributed by atoms with E-state index in [1.807, 2.05) is 12.2 Å². The Kier molecular flexibility index (Phi) is 5.20. The van der Waals surface area contributed by atoms with Gasteiger partial charge in [-0.25, -0.2) is 0 Å². The number of hydrogen-bond acceptors (Lipinski definition) is 3. The van der Waals surface area contributed by atoms with Crippen LogP contribution >= 0.6 is 0 Å². The van der Waals surface area contributed by atoms with Crippen LogP contribution in [0.5, 0.6) is 0 Å². The van der Waals surface area contributed by atoms with E-state index in [2.05, 4.69) is 10.6 Å². The van der Waals surface area contributed by atoms with E-state index in [0.717, 1.165) is 32.1 Å². The van der Waals surface area contributed by atoms with Crippen LogP contribution in [0.25, 0.3) is 0 Å². The molecule has 0 spiro atoms. The molecule has 6 nitrogen and oxygen atoms in total. The molecule has 2 saturated carbocycles. The molecule has 2 bridgehead atoms.